The molecule has 9 heteroatoms. The van der Waals surface area contributed by atoms with Crippen LogP contribution in [0.3, 0.4) is 0 Å². The van der Waals surface area contributed by atoms with Gasteiger partial charge in [0.25, 0.3) is 0 Å². The lowest BCUT2D eigenvalue weighted by Crippen LogP contribution is -2.54. The van der Waals surface area contributed by atoms with E-state index in [0.29, 0.717) is 26.2 Å². The Balaban J connectivity index is 1.78. The van der Waals surface area contributed by atoms with Gasteiger partial charge in [-0.15, -0.1) is 0 Å². The van der Waals surface area contributed by atoms with E-state index in [1.165, 1.54) is 0 Å². The number of guanidine groups is 1. The summed E-state index contributed by atoms with van der Waals surface area (Å²) in [4.78, 5) is 20.8. The molecule has 0 atom stereocenters. The molecule has 1 fully saturated rings. The number of hydrogen-bond donors (Lipinski definition) is 2. The van der Waals surface area contributed by atoms with Crippen LogP contribution in [0.25, 0.3) is 0 Å². The van der Waals surface area contributed by atoms with Gasteiger partial charge in [-0.25, -0.2) is 4.99 Å². The smallest absolute Gasteiger partial charge is 0.234 e. The van der Waals surface area contributed by atoms with Crippen LogP contribution in [0.1, 0.15) is 12.6 Å². The quantitative estimate of drug-likeness (QED) is 0.371. The Morgan fingerprint density at radius 1 is 1.36 bits per heavy atom. The first-order chi connectivity index (χ1) is 12.2. The van der Waals surface area contributed by atoms with Crippen molar-refractivity contribution in [3.8, 4) is 0 Å². The summed E-state index contributed by atoms with van der Waals surface area (Å²) in [5.41, 5.74) is 0.807. The van der Waals surface area contributed by atoms with E-state index in [-0.39, 0.29) is 5.91 Å². The highest BCUT2D eigenvalue weighted by atomic mass is 16.5. The molecule has 0 saturated carbocycles. The molecule has 0 spiro atoms. The second-order valence-electron chi connectivity index (χ2n) is 5.77. The number of aromatic nitrogens is 1. The van der Waals surface area contributed by atoms with Gasteiger partial charge in [0.1, 0.15) is 12.0 Å². The summed E-state index contributed by atoms with van der Waals surface area (Å²) in [6.45, 7) is 8.16. The Bertz CT molecular complexity index is 526. The number of nitrogens with zero attached hydrogens (tertiary/aromatic N) is 4. The van der Waals surface area contributed by atoms with Crippen LogP contribution in [0.2, 0.25) is 0 Å². The Labute approximate surface area is 148 Å². The molecule has 1 aliphatic heterocycles. The highest BCUT2D eigenvalue weighted by Crippen LogP contribution is 2.04. The van der Waals surface area contributed by atoms with Crippen molar-refractivity contribution >= 4 is 11.9 Å². The molecule has 0 aromatic carbocycles. The van der Waals surface area contributed by atoms with Gasteiger partial charge in [-0.2, -0.15) is 0 Å². The number of piperazine rings is 1. The molecule has 0 unspecified atom stereocenters. The Hall–Kier alpha value is -2.13. The lowest BCUT2D eigenvalue weighted by molar-refractivity contribution is -0.122. The second kappa shape index (κ2) is 10.7. The average molecular weight is 352 g/mol. The van der Waals surface area contributed by atoms with Gasteiger partial charge in [0.05, 0.1) is 19.7 Å². The van der Waals surface area contributed by atoms with Crippen molar-refractivity contribution in [1.82, 2.24) is 25.6 Å². The molecule has 9 nitrogen and oxygen atoms in total. The lowest BCUT2D eigenvalue weighted by atomic mass is 10.3. The van der Waals surface area contributed by atoms with E-state index in [1.807, 2.05) is 13.0 Å². The number of hydrogen-bond acceptors (Lipinski definition) is 6. The van der Waals surface area contributed by atoms with Crippen LogP contribution in [0, 0.1) is 0 Å². The van der Waals surface area contributed by atoms with Gasteiger partial charge < -0.3 is 24.8 Å². The maximum absolute atomic E-state index is 11.9. The minimum atomic E-state index is 0.0390. The van der Waals surface area contributed by atoms with Gasteiger partial charge in [0.15, 0.2) is 5.96 Å². The number of carbonyl (C=O) groups is 1. The Morgan fingerprint density at radius 2 is 2.16 bits per heavy atom. The summed E-state index contributed by atoms with van der Waals surface area (Å²) >= 11 is 0. The minimum Gasteiger partial charge on any atom is -0.383 e. The second-order valence-corrected chi connectivity index (χ2v) is 5.77. The summed E-state index contributed by atoms with van der Waals surface area (Å²) in [6.07, 6.45) is 1.55. The highest BCUT2D eigenvalue weighted by Gasteiger charge is 2.21. The summed E-state index contributed by atoms with van der Waals surface area (Å²) in [5, 5.41) is 10.0. The van der Waals surface area contributed by atoms with Crippen molar-refractivity contribution in [3.63, 3.8) is 0 Å². The topological polar surface area (TPSA) is 95.2 Å². The van der Waals surface area contributed by atoms with Crippen molar-refractivity contribution in [2.24, 2.45) is 4.99 Å². The van der Waals surface area contributed by atoms with Crippen LogP contribution in [-0.2, 0) is 16.1 Å². The molecule has 0 bridgehead atoms. The van der Waals surface area contributed by atoms with Gasteiger partial charge in [-0.05, 0) is 6.92 Å². The van der Waals surface area contributed by atoms with E-state index in [0.717, 1.165) is 44.4 Å². The van der Waals surface area contributed by atoms with E-state index in [4.69, 9.17) is 9.26 Å². The molecule has 1 aliphatic rings. The van der Waals surface area contributed by atoms with Crippen molar-refractivity contribution < 1.29 is 14.1 Å². The monoisotopic (exact) mass is 352 g/mol. The van der Waals surface area contributed by atoms with Gasteiger partial charge in [0, 0.05) is 52.4 Å². The lowest BCUT2D eigenvalue weighted by Gasteiger charge is -2.36. The number of methoxy groups -OCH3 is 1. The highest BCUT2D eigenvalue weighted by molar-refractivity contribution is 5.80. The van der Waals surface area contributed by atoms with Crippen LogP contribution in [0.5, 0.6) is 0 Å². The fourth-order valence-corrected chi connectivity index (χ4v) is 2.57. The van der Waals surface area contributed by atoms with Gasteiger partial charge in [-0.3, -0.25) is 9.69 Å². The van der Waals surface area contributed by atoms with Crippen LogP contribution in [-0.4, -0.2) is 86.4 Å². The van der Waals surface area contributed by atoms with E-state index in [9.17, 15) is 4.79 Å². The molecule has 0 radical (unpaired) electrons. The van der Waals surface area contributed by atoms with Gasteiger partial charge in [0.2, 0.25) is 5.91 Å². The molecule has 2 N–H and O–H groups in total. The molecular weight excluding hydrogens is 324 g/mol. The fourth-order valence-electron chi connectivity index (χ4n) is 2.57. The minimum absolute atomic E-state index is 0.0390. The molecule has 1 amide bonds. The van der Waals surface area contributed by atoms with Crippen LogP contribution < -0.4 is 10.6 Å². The molecule has 1 saturated heterocycles. The first-order valence-corrected chi connectivity index (χ1v) is 8.63. The average Bonchev–Trinajstić information content (AvgIpc) is 3.13. The first kappa shape index (κ1) is 19.2. The normalized spacial score (nSPS) is 16.1. The van der Waals surface area contributed by atoms with Crippen molar-refractivity contribution in [1.29, 1.82) is 0 Å². The molecule has 140 valence electrons. The zero-order valence-corrected chi connectivity index (χ0v) is 15.0. The Morgan fingerprint density at radius 3 is 2.80 bits per heavy atom. The molecule has 25 heavy (non-hydrogen) atoms. The van der Waals surface area contributed by atoms with Crippen molar-refractivity contribution in [2.75, 3.05) is 59.5 Å². The number of rotatable bonds is 8. The SMILES string of the molecule is CCNC(=NCc1ccon1)N1CCN(CC(=O)NCCOC)CC1. The van der Waals surface area contributed by atoms with Gasteiger partial charge in [-0.1, -0.05) is 5.16 Å². The van der Waals surface area contributed by atoms with E-state index < -0.39 is 0 Å². The number of ether oxygens (including phenoxy) is 1. The zero-order valence-electron chi connectivity index (χ0n) is 15.0. The first-order valence-electron chi connectivity index (χ1n) is 8.63. The Kier molecular flexibility index (Phi) is 8.20. The number of amides is 1. The summed E-state index contributed by atoms with van der Waals surface area (Å²) in [6, 6.07) is 1.81. The maximum atomic E-state index is 11.9. The molecule has 2 rings (SSSR count). The third-order valence-electron chi connectivity index (χ3n) is 3.88. The maximum Gasteiger partial charge on any atom is 0.234 e. The molecular formula is C16H28N6O3. The molecule has 2 heterocycles. The predicted octanol–water partition coefficient (Wildman–Crippen LogP) is -0.480. The van der Waals surface area contributed by atoms with Crippen molar-refractivity contribution in [2.45, 2.75) is 13.5 Å². The van der Waals surface area contributed by atoms with E-state index in [2.05, 4.69) is 30.6 Å². The van der Waals surface area contributed by atoms with E-state index >= 15 is 0 Å². The summed E-state index contributed by atoms with van der Waals surface area (Å²) in [5.74, 6) is 0.909. The van der Waals surface area contributed by atoms with Gasteiger partial charge >= 0.3 is 0 Å². The number of aliphatic imine (C=N–C) groups is 1. The molecule has 1 aromatic heterocycles. The largest absolute Gasteiger partial charge is 0.383 e. The van der Waals surface area contributed by atoms with Crippen molar-refractivity contribution in [3.05, 3.63) is 18.0 Å². The van der Waals surface area contributed by atoms with Crippen LogP contribution in [0.4, 0.5) is 0 Å². The zero-order chi connectivity index (χ0) is 17.9. The third kappa shape index (κ3) is 6.71. The standard InChI is InChI=1S/C16H28N6O3/c1-3-17-16(19-12-14-4-10-25-20-14)22-8-6-21(7-9-22)13-15(23)18-5-11-24-2/h4,10H,3,5-9,11-13H2,1-2H3,(H,17,19)(H,18,23). The van der Waals surface area contributed by atoms with E-state index in [1.54, 1.807) is 13.4 Å². The van der Waals surface area contributed by atoms with Crippen LogP contribution in [0.15, 0.2) is 21.8 Å². The molecule has 0 aliphatic carbocycles. The molecule has 1 aromatic rings. The fraction of sp³-hybridized carbons (Fsp3) is 0.688. The summed E-state index contributed by atoms with van der Waals surface area (Å²) < 4.78 is 9.76. The van der Waals surface area contributed by atoms with Crippen LogP contribution >= 0.6 is 0 Å². The summed E-state index contributed by atoms with van der Waals surface area (Å²) in [7, 11) is 1.62. The number of carbonyl (C=O) groups excluding carboxylic acids is 1. The predicted molar refractivity (Wildman–Crippen MR) is 94.2 cm³/mol. The third-order valence-corrected chi connectivity index (χ3v) is 3.88. The number of nitrogens with one attached hydrogen (secondary N) is 2.